The summed E-state index contributed by atoms with van der Waals surface area (Å²) in [6.07, 6.45) is 9.24. The van der Waals surface area contributed by atoms with Crippen molar-refractivity contribution in [2.24, 2.45) is 11.8 Å². The fraction of sp³-hybridized carbons (Fsp3) is 0.327. The molecule has 4 aliphatic rings. The number of nitro benzene ring substituents is 2. The molecule has 2 saturated heterocycles. The number of allylic oxidation sites excluding steroid dienone is 4. The number of ether oxygens (including phenoxy) is 8. The first kappa shape index (κ1) is 105. The van der Waals surface area contributed by atoms with Crippen molar-refractivity contribution >= 4 is 104 Å². The maximum atomic E-state index is 14.1. The van der Waals surface area contributed by atoms with E-state index < -0.39 is 46.0 Å². The highest BCUT2D eigenvalue weighted by atomic mass is 32.1. The molecule has 34 nitrogen and oxygen atoms in total. The van der Waals surface area contributed by atoms with Crippen LogP contribution in [-0.4, -0.2) is 202 Å². The third kappa shape index (κ3) is 27.1. The zero-order chi connectivity index (χ0) is 103. The van der Waals surface area contributed by atoms with E-state index in [-0.39, 0.29) is 135 Å². The molecule has 4 aliphatic heterocycles. The van der Waals surface area contributed by atoms with E-state index in [1.165, 1.54) is 34.1 Å². The number of nitrogens with zero attached hydrogens (tertiary/aromatic N) is 10. The summed E-state index contributed by atoms with van der Waals surface area (Å²) in [6, 6.07) is 59.5. The number of carbonyl (C=O) groups excluding carboxylic acids is 6. The zero-order valence-electron chi connectivity index (χ0n) is 82.1. The van der Waals surface area contributed by atoms with Crippen molar-refractivity contribution in [3.8, 4) is 44.1 Å². The summed E-state index contributed by atoms with van der Waals surface area (Å²) in [5.74, 6) is -1.22. The number of hydrogen-bond acceptors (Lipinski definition) is 28. The second kappa shape index (κ2) is 50.5. The summed E-state index contributed by atoms with van der Waals surface area (Å²) in [6.45, 7) is 19.6. The van der Waals surface area contributed by atoms with E-state index in [2.05, 4.69) is 30.9 Å². The largest absolute Gasteiger partial charge is 0.491 e. The molecule has 146 heavy (non-hydrogen) atoms. The number of aliphatic hydroxyl groups is 2. The van der Waals surface area contributed by atoms with Gasteiger partial charge in [0.1, 0.15) is 61.8 Å². The van der Waals surface area contributed by atoms with Crippen molar-refractivity contribution in [1.82, 2.24) is 40.7 Å². The highest BCUT2D eigenvalue weighted by Gasteiger charge is 2.46. The molecule has 4 aromatic heterocycles. The van der Waals surface area contributed by atoms with Crippen molar-refractivity contribution in [2.75, 3.05) is 102 Å². The number of likely N-dealkylation sites (tertiary alicyclic amines) is 2. The van der Waals surface area contributed by atoms with E-state index in [0.29, 0.717) is 100 Å². The van der Waals surface area contributed by atoms with E-state index in [0.717, 1.165) is 88.2 Å². The number of carbonyl (C=O) groups is 6. The van der Waals surface area contributed by atoms with Crippen molar-refractivity contribution < 1.29 is 95.8 Å². The van der Waals surface area contributed by atoms with Crippen LogP contribution in [-0.2, 0) is 60.8 Å². The molecule has 36 heteroatoms. The fourth-order valence-electron chi connectivity index (χ4n) is 17.6. The summed E-state index contributed by atoms with van der Waals surface area (Å²) >= 11 is 3.15. The van der Waals surface area contributed by atoms with Gasteiger partial charge in [-0.2, -0.15) is 0 Å². The molecule has 8 heterocycles. The first-order chi connectivity index (χ1) is 70.7. The van der Waals surface area contributed by atoms with Crippen molar-refractivity contribution in [1.29, 1.82) is 0 Å². The predicted octanol–water partition coefficient (Wildman–Crippen LogP) is 17.5. The molecule has 6 amide bonds. The molecule has 8 aromatic carbocycles. The molecule has 0 aliphatic carbocycles. The minimum atomic E-state index is -0.856. The minimum absolute atomic E-state index is 0.0170. The number of hydrogen-bond donors (Lipinski definition) is 4. The number of non-ortho nitro benzene ring substituents is 2. The Morgan fingerprint density at radius 3 is 1.16 bits per heavy atom. The fourth-order valence-corrected chi connectivity index (χ4v) is 19.2. The van der Waals surface area contributed by atoms with E-state index in [1.807, 2.05) is 212 Å². The number of benzene rings is 8. The van der Waals surface area contributed by atoms with E-state index >= 15 is 0 Å². The first-order valence-corrected chi connectivity index (χ1v) is 50.0. The molecular formula is C110H116N12O22S2. The van der Waals surface area contributed by atoms with Gasteiger partial charge in [0.2, 0.25) is 23.6 Å². The summed E-state index contributed by atoms with van der Waals surface area (Å²) in [7, 11) is 0. The van der Waals surface area contributed by atoms with E-state index in [4.69, 9.17) is 46.9 Å². The topological polar surface area (TPSA) is 418 Å². The predicted molar refractivity (Wildman–Crippen MR) is 552 cm³/mol. The summed E-state index contributed by atoms with van der Waals surface area (Å²) < 4.78 is 57.2. The van der Waals surface area contributed by atoms with Gasteiger partial charge in [0.15, 0.2) is 11.5 Å². The Balaban J connectivity index is 0.000000219. The average molecular weight is 2020 g/mol. The summed E-state index contributed by atoms with van der Waals surface area (Å²) in [4.78, 5) is 121. The third-order valence-corrected chi connectivity index (χ3v) is 27.2. The maximum Gasteiger partial charge on any atom is 0.269 e. The minimum Gasteiger partial charge on any atom is -0.491 e. The number of nitrogens with one attached hydrogen (secondary N) is 2. The lowest BCUT2D eigenvalue weighted by Gasteiger charge is -2.29. The van der Waals surface area contributed by atoms with Crippen LogP contribution in [0.1, 0.15) is 146 Å². The number of fused-ring (bicyclic) bond motifs is 2. The van der Waals surface area contributed by atoms with Crippen LogP contribution in [0.25, 0.3) is 44.2 Å². The molecule has 12 aromatic rings. The Hall–Kier alpha value is -15.0. The number of thiazole rings is 2. The Morgan fingerprint density at radius 2 is 0.815 bits per heavy atom. The van der Waals surface area contributed by atoms with Gasteiger partial charge in [-0.05, 0) is 167 Å². The van der Waals surface area contributed by atoms with Gasteiger partial charge in [0, 0.05) is 84.6 Å². The molecule has 0 radical (unpaired) electrons. The smallest absolute Gasteiger partial charge is 0.269 e. The average Bonchev–Trinajstić information content (AvgIpc) is 1.62. The number of nitro groups is 2. The number of β-amino-alcohol motifs (C(OH)–C–C–N with tert-alkyl or cyclic N) is 2. The second-order valence-corrected chi connectivity index (χ2v) is 37.8. The first-order valence-electron chi connectivity index (χ1n) is 48.3. The number of amides is 6. The van der Waals surface area contributed by atoms with Gasteiger partial charge in [-0.1, -0.05) is 161 Å². The highest BCUT2D eigenvalue weighted by molar-refractivity contribution is 7.13. The van der Waals surface area contributed by atoms with Gasteiger partial charge in [-0.3, -0.25) is 49.0 Å². The molecule has 16 rings (SSSR count). The summed E-state index contributed by atoms with van der Waals surface area (Å²) in [5.41, 5.74) is 17.4. The van der Waals surface area contributed by atoms with Crippen molar-refractivity contribution in [3.05, 3.63) is 329 Å². The van der Waals surface area contributed by atoms with Gasteiger partial charge < -0.3 is 87.4 Å². The normalized spacial score (nSPS) is 16.8. The van der Waals surface area contributed by atoms with Crippen LogP contribution in [0.5, 0.6) is 23.3 Å². The maximum absolute atomic E-state index is 14.1. The molecule has 4 N–H and O–H groups in total. The zero-order valence-corrected chi connectivity index (χ0v) is 83.7. The van der Waals surface area contributed by atoms with Gasteiger partial charge in [-0.25, -0.2) is 9.97 Å². The molecule has 0 spiro atoms. The molecule has 2 fully saturated rings. The van der Waals surface area contributed by atoms with Gasteiger partial charge in [0.25, 0.3) is 34.9 Å². The number of aryl methyl sites for hydroxylation is 2. The second-order valence-electron chi connectivity index (χ2n) is 36.1. The standard InChI is InChI=1S/2C55H58N6O11S/c2*1-35(2)51(55(65)60-33-43(62)30-48(60)53(63)57-36(3)40-16-18-41(19-17-40)52-37(4)56-34-73-52)49-31-50(58-72-49)71-29-27-69-25-24-68-26-28-70-44-22-14-39(15-23-44)32-59-47-11-6-5-9-45(47)46(54(59)64)10-7-8-38-12-20-42(21-13-38)61(66)67/h2*5-23,31,34-36,43,48,51,62H,24-30,32-33H2,1-4H3,(H,57,63)/b2*8-7+,46-10+/t36-,43+,48-,51+;36-,43+,48-,51-/m00/s1. The Kier molecular flexibility index (Phi) is 36.4. The number of para-hydroxylation sites is 2. The Labute approximate surface area is 852 Å². The van der Waals surface area contributed by atoms with E-state index in [1.54, 1.807) is 105 Å². The summed E-state index contributed by atoms with van der Waals surface area (Å²) in [5, 5.41) is 57.4. The van der Waals surface area contributed by atoms with Crippen molar-refractivity contribution in [3.63, 3.8) is 0 Å². The van der Waals surface area contributed by atoms with Crippen LogP contribution in [0, 0.1) is 45.9 Å². The van der Waals surface area contributed by atoms with Gasteiger partial charge in [-0.15, -0.1) is 22.7 Å². The molecule has 0 unspecified atom stereocenters. The molecular weight excluding hydrogens is 1910 g/mol. The number of rotatable bonds is 46. The monoisotopic (exact) mass is 2020 g/mol. The lowest BCUT2D eigenvalue weighted by Crippen LogP contribution is -2.48. The Morgan fingerprint density at radius 1 is 0.466 bits per heavy atom. The van der Waals surface area contributed by atoms with Crippen LogP contribution < -0.4 is 39.4 Å². The third-order valence-electron chi connectivity index (χ3n) is 25.2. The van der Waals surface area contributed by atoms with Crippen LogP contribution in [0.2, 0.25) is 0 Å². The molecule has 0 bridgehead atoms. The SMILES string of the molecule is Cc1ncsc1-c1ccc([C@H](C)NC(=O)[C@@H]2C[C@@H](O)CN2C(=O)[C@@H](c2cc(OCCOCCOCCOc3ccc(CN4C(=O)/C(=C/C=C/c5ccc([N+](=O)[O-])cc5)c5ccccc54)cc3)no2)C(C)C)cc1.Cc1ncsc1-c1ccc([C@H](C)NC(=O)[C@@H]2C[C@@H](O)CN2C(=O)[C@H](c2cc(OCCOCCOCCOc3ccc(CN4C(=O)/C(=C/C=C/c5ccc([N+](=O)[O-])cc5)c5ccccc54)cc3)no2)C(C)C)cc1. The highest BCUT2D eigenvalue weighted by Crippen LogP contribution is 2.42. The number of anilines is 2. The number of aliphatic hydroxyl groups excluding tert-OH is 2. The van der Waals surface area contributed by atoms with Crippen LogP contribution in [0.4, 0.5) is 22.7 Å². The van der Waals surface area contributed by atoms with Crippen LogP contribution in [0.3, 0.4) is 0 Å². The van der Waals surface area contributed by atoms with Gasteiger partial charge >= 0.3 is 0 Å². The van der Waals surface area contributed by atoms with Crippen molar-refractivity contribution in [2.45, 2.75) is 130 Å². The van der Waals surface area contributed by atoms with Crippen LogP contribution in [0.15, 0.2) is 251 Å². The molecule has 0 saturated carbocycles. The van der Waals surface area contributed by atoms with E-state index in [9.17, 15) is 59.2 Å². The lowest BCUT2D eigenvalue weighted by atomic mass is 9.91. The molecule has 760 valence electrons. The Bertz CT molecular complexity index is 6230. The van der Waals surface area contributed by atoms with Gasteiger partial charge in [0.05, 0.1) is 144 Å². The molecule has 8 atom stereocenters. The van der Waals surface area contributed by atoms with Crippen LogP contribution >= 0.6 is 22.7 Å². The lowest BCUT2D eigenvalue weighted by molar-refractivity contribution is -0.385. The number of aromatic nitrogens is 4. The quantitative estimate of drug-likeness (QED) is 0.0119.